The van der Waals surface area contributed by atoms with Gasteiger partial charge in [0.05, 0.1) is 24.2 Å². The van der Waals surface area contributed by atoms with Gasteiger partial charge in [-0.25, -0.2) is 4.79 Å². The van der Waals surface area contributed by atoms with Crippen molar-refractivity contribution in [2.24, 2.45) is 7.05 Å². The van der Waals surface area contributed by atoms with Crippen molar-refractivity contribution in [1.29, 1.82) is 0 Å². The van der Waals surface area contributed by atoms with Gasteiger partial charge >= 0.3 is 5.97 Å². The maximum atomic E-state index is 12.4. The molecule has 0 aliphatic heterocycles. The molecule has 1 amide bonds. The first-order chi connectivity index (χ1) is 13.4. The standard InChI is InChI=1S/C18H20N4O4S2/c1-5-25-17(24)14-10(2)11(3)28-16(14)19-13(23)9-27-18-21-20-15(22(18)4)12-7-6-8-26-12/h6-8H,5,9H2,1-4H3,(H,19,23). The number of hydrogen-bond donors (Lipinski definition) is 1. The Hall–Kier alpha value is -2.59. The zero-order valence-corrected chi connectivity index (χ0v) is 17.6. The van der Waals surface area contributed by atoms with Gasteiger partial charge in [0, 0.05) is 11.9 Å². The van der Waals surface area contributed by atoms with Crippen molar-refractivity contribution in [3.8, 4) is 11.6 Å². The molecule has 10 heteroatoms. The van der Waals surface area contributed by atoms with Crippen molar-refractivity contribution in [2.45, 2.75) is 25.9 Å². The summed E-state index contributed by atoms with van der Waals surface area (Å²) in [6.07, 6.45) is 1.57. The van der Waals surface area contributed by atoms with Crippen LogP contribution in [0.25, 0.3) is 11.6 Å². The molecule has 8 nitrogen and oxygen atoms in total. The molecule has 0 atom stereocenters. The Morgan fingerprint density at radius 2 is 2.14 bits per heavy atom. The number of thiophene rings is 1. The number of aromatic nitrogens is 3. The molecule has 0 aliphatic rings. The van der Waals surface area contributed by atoms with Crippen molar-refractivity contribution in [2.75, 3.05) is 17.7 Å². The first-order valence-electron chi connectivity index (χ1n) is 8.55. The van der Waals surface area contributed by atoms with E-state index in [0.717, 1.165) is 10.4 Å². The average molecular weight is 421 g/mol. The number of carbonyl (C=O) groups excluding carboxylic acids is 2. The molecule has 0 radical (unpaired) electrons. The smallest absolute Gasteiger partial charge is 0.341 e. The third-order valence-electron chi connectivity index (χ3n) is 4.03. The van der Waals surface area contributed by atoms with Crippen molar-refractivity contribution >= 4 is 40.0 Å². The van der Waals surface area contributed by atoms with Gasteiger partial charge in [-0.05, 0) is 38.5 Å². The highest BCUT2D eigenvalue weighted by Gasteiger charge is 2.22. The van der Waals surface area contributed by atoms with E-state index in [9.17, 15) is 9.59 Å². The molecule has 0 fully saturated rings. The Morgan fingerprint density at radius 1 is 1.36 bits per heavy atom. The Bertz CT molecular complexity index is 992. The number of hydrogen-bond acceptors (Lipinski definition) is 8. The van der Waals surface area contributed by atoms with Crippen LogP contribution in [0.5, 0.6) is 0 Å². The fourth-order valence-corrected chi connectivity index (χ4v) is 4.29. The summed E-state index contributed by atoms with van der Waals surface area (Å²) >= 11 is 2.62. The normalized spacial score (nSPS) is 10.9. The Balaban J connectivity index is 1.67. The summed E-state index contributed by atoms with van der Waals surface area (Å²) < 4.78 is 12.2. The van der Waals surface area contributed by atoms with Gasteiger partial charge in [0.2, 0.25) is 5.91 Å². The van der Waals surface area contributed by atoms with E-state index in [0.29, 0.717) is 27.3 Å². The lowest BCUT2D eigenvalue weighted by molar-refractivity contribution is -0.113. The SMILES string of the molecule is CCOC(=O)c1c(NC(=O)CSc2nnc(-c3ccco3)n2C)sc(C)c1C. The van der Waals surface area contributed by atoms with E-state index in [1.165, 1.54) is 23.1 Å². The number of nitrogens with one attached hydrogen (secondary N) is 1. The lowest BCUT2D eigenvalue weighted by atomic mass is 10.1. The van der Waals surface area contributed by atoms with Gasteiger partial charge in [0.25, 0.3) is 0 Å². The summed E-state index contributed by atoms with van der Waals surface area (Å²) in [4.78, 5) is 25.6. The van der Waals surface area contributed by atoms with Crippen LogP contribution in [-0.2, 0) is 16.6 Å². The number of rotatable bonds is 7. The number of thioether (sulfide) groups is 1. The zero-order valence-electron chi connectivity index (χ0n) is 15.9. The van der Waals surface area contributed by atoms with Crippen LogP contribution in [0.15, 0.2) is 28.0 Å². The van der Waals surface area contributed by atoms with E-state index in [4.69, 9.17) is 9.15 Å². The van der Waals surface area contributed by atoms with Crippen molar-refractivity contribution in [3.05, 3.63) is 34.4 Å². The second kappa shape index (κ2) is 8.61. The molecule has 0 spiro atoms. The molecule has 0 saturated heterocycles. The molecule has 0 saturated carbocycles. The molecule has 28 heavy (non-hydrogen) atoms. The Kier molecular flexibility index (Phi) is 6.20. The highest BCUT2D eigenvalue weighted by atomic mass is 32.2. The van der Waals surface area contributed by atoms with Crippen LogP contribution < -0.4 is 5.32 Å². The summed E-state index contributed by atoms with van der Waals surface area (Å²) in [6, 6.07) is 3.57. The van der Waals surface area contributed by atoms with Crippen LogP contribution in [0.2, 0.25) is 0 Å². The molecule has 0 aliphatic carbocycles. The topological polar surface area (TPSA) is 99.2 Å². The quantitative estimate of drug-likeness (QED) is 0.460. The first kappa shape index (κ1) is 20.2. The van der Waals surface area contributed by atoms with Crippen molar-refractivity contribution in [3.63, 3.8) is 0 Å². The van der Waals surface area contributed by atoms with Gasteiger partial charge in [-0.3, -0.25) is 4.79 Å². The highest BCUT2D eigenvalue weighted by Crippen LogP contribution is 2.33. The molecule has 3 rings (SSSR count). The van der Waals surface area contributed by atoms with Gasteiger partial charge in [0.1, 0.15) is 5.00 Å². The van der Waals surface area contributed by atoms with Crippen LogP contribution >= 0.6 is 23.1 Å². The van der Waals surface area contributed by atoms with Gasteiger partial charge in [0.15, 0.2) is 16.7 Å². The fourth-order valence-electron chi connectivity index (χ4n) is 2.52. The first-order valence-corrected chi connectivity index (χ1v) is 10.4. The number of aryl methyl sites for hydroxylation is 1. The molecule has 148 valence electrons. The third kappa shape index (κ3) is 4.12. The maximum Gasteiger partial charge on any atom is 0.341 e. The zero-order chi connectivity index (χ0) is 20.3. The monoisotopic (exact) mass is 420 g/mol. The molecule has 1 N–H and O–H groups in total. The largest absolute Gasteiger partial charge is 0.462 e. The third-order valence-corrected chi connectivity index (χ3v) is 6.17. The van der Waals surface area contributed by atoms with Crippen LogP contribution in [0.1, 0.15) is 27.7 Å². The van der Waals surface area contributed by atoms with E-state index in [1.54, 1.807) is 29.9 Å². The summed E-state index contributed by atoms with van der Waals surface area (Å²) in [6.45, 7) is 5.78. The van der Waals surface area contributed by atoms with E-state index < -0.39 is 5.97 Å². The van der Waals surface area contributed by atoms with Crippen molar-refractivity contribution in [1.82, 2.24) is 14.8 Å². The lowest BCUT2D eigenvalue weighted by Crippen LogP contribution is -2.16. The number of furan rings is 1. The predicted octanol–water partition coefficient (Wildman–Crippen LogP) is 3.66. The minimum Gasteiger partial charge on any atom is -0.462 e. The number of anilines is 1. The average Bonchev–Trinajstić information content (AvgIpc) is 3.35. The number of amides is 1. The molecule has 3 aromatic rings. The predicted molar refractivity (Wildman–Crippen MR) is 108 cm³/mol. The van der Waals surface area contributed by atoms with Crippen LogP contribution in [0.3, 0.4) is 0 Å². The highest BCUT2D eigenvalue weighted by molar-refractivity contribution is 7.99. The molecule has 0 bridgehead atoms. The summed E-state index contributed by atoms with van der Waals surface area (Å²) in [5.41, 5.74) is 1.24. The van der Waals surface area contributed by atoms with Gasteiger partial charge in [-0.15, -0.1) is 21.5 Å². The van der Waals surface area contributed by atoms with Gasteiger partial charge in [-0.1, -0.05) is 11.8 Å². The molecule has 3 heterocycles. The van der Waals surface area contributed by atoms with E-state index >= 15 is 0 Å². The summed E-state index contributed by atoms with van der Waals surface area (Å²) in [5.74, 6) is 0.655. The second-order valence-electron chi connectivity index (χ2n) is 5.89. The fraction of sp³-hybridized carbons (Fsp3) is 0.333. The molecular weight excluding hydrogens is 400 g/mol. The number of esters is 1. The summed E-state index contributed by atoms with van der Waals surface area (Å²) in [7, 11) is 1.81. The van der Waals surface area contributed by atoms with Crippen molar-refractivity contribution < 1.29 is 18.7 Å². The minimum atomic E-state index is -0.427. The van der Waals surface area contributed by atoms with Gasteiger partial charge in [-0.2, -0.15) is 0 Å². The Morgan fingerprint density at radius 3 is 2.82 bits per heavy atom. The van der Waals surface area contributed by atoms with Gasteiger partial charge < -0.3 is 19.0 Å². The number of ether oxygens (including phenoxy) is 1. The number of carbonyl (C=O) groups is 2. The molecule has 3 aromatic heterocycles. The summed E-state index contributed by atoms with van der Waals surface area (Å²) in [5, 5.41) is 12.1. The maximum absolute atomic E-state index is 12.4. The van der Waals surface area contributed by atoms with E-state index in [-0.39, 0.29) is 18.3 Å². The molecule has 0 aromatic carbocycles. The second-order valence-corrected chi connectivity index (χ2v) is 8.05. The van der Waals surface area contributed by atoms with Crippen LogP contribution in [0.4, 0.5) is 5.00 Å². The van der Waals surface area contributed by atoms with Crippen LogP contribution in [-0.4, -0.2) is 39.0 Å². The number of nitrogens with zero attached hydrogens (tertiary/aromatic N) is 3. The Labute approximate surface area is 170 Å². The molecular formula is C18H20N4O4S2. The van der Waals surface area contributed by atoms with E-state index in [2.05, 4.69) is 15.5 Å². The van der Waals surface area contributed by atoms with E-state index in [1.807, 2.05) is 20.9 Å². The minimum absolute atomic E-state index is 0.127. The van der Waals surface area contributed by atoms with Crippen LogP contribution in [0, 0.1) is 13.8 Å². The molecule has 0 unspecified atom stereocenters. The lowest BCUT2D eigenvalue weighted by Gasteiger charge is -2.07.